The third-order valence-corrected chi connectivity index (χ3v) is 8.29. The topological polar surface area (TPSA) is 258 Å². The quantitative estimate of drug-likeness (QED) is 0.128. The summed E-state index contributed by atoms with van der Waals surface area (Å²) in [5, 5.41) is 84.6. The van der Waals surface area contributed by atoms with Crippen molar-refractivity contribution in [2.75, 3.05) is 7.11 Å². The number of carboxylic acid groups (broad SMARTS) is 1. The number of fused-ring (bicyclic) bond motifs is 3. The van der Waals surface area contributed by atoms with Crippen LogP contribution in [-0.2, 0) is 19.1 Å². The fourth-order valence-corrected chi connectivity index (χ4v) is 6.05. The molecule has 8 atom stereocenters. The molecule has 0 bridgehead atoms. The van der Waals surface area contributed by atoms with Gasteiger partial charge in [-0.25, -0.2) is 4.79 Å². The molecule has 0 radical (unpaired) electrons. The highest BCUT2D eigenvalue weighted by molar-refractivity contribution is 6.31. The fourth-order valence-electron chi connectivity index (χ4n) is 6.05. The van der Waals surface area contributed by atoms with E-state index in [2.05, 4.69) is 0 Å². The van der Waals surface area contributed by atoms with Crippen molar-refractivity contribution in [1.29, 1.82) is 0 Å². The van der Waals surface area contributed by atoms with Gasteiger partial charge >= 0.3 is 11.9 Å². The Balaban J connectivity index is 1.66. The van der Waals surface area contributed by atoms with Crippen LogP contribution < -0.4 is 4.74 Å². The molecule has 15 nitrogen and oxygen atoms in total. The van der Waals surface area contributed by atoms with Crippen molar-refractivity contribution < 1.29 is 74.2 Å². The number of carbonyl (C=O) groups is 4. The van der Waals surface area contributed by atoms with E-state index < -0.39 is 123 Å². The first-order valence-electron chi connectivity index (χ1n) is 13.1. The Morgan fingerprint density at radius 1 is 0.953 bits per heavy atom. The van der Waals surface area contributed by atoms with Crippen molar-refractivity contribution in [3.63, 3.8) is 0 Å². The first kappa shape index (κ1) is 30.3. The predicted octanol–water partition coefficient (Wildman–Crippen LogP) is -1.02. The zero-order chi connectivity index (χ0) is 31.7. The first-order valence-corrected chi connectivity index (χ1v) is 13.1. The fraction of sp³-hybridized carbons (Fsp3) is 0.429. The third-order valence-electron chi connectivity index (χ3n) is 8.29. The maximum absolute atomic E-state index is 13.9. The molecule has 230 valence electrons. The van der Waals surface area contributed by atoms with E-state index in [9.17, 15) is 60.0 Å². The van der Waals surface area contributed by atoms with Crippen LogP contribution >= 0.6 is 0 Å². The lowest BCUT2D eigenvalue weighted by atomic mass is 9.66. The molecule has 0 unspecified atom stereocenters. The summed E-state index contributed by atoms with van der Waals surface area (Å²) in [6, 6.07) is 3.57. The Morgan fingerprint density at radius 2 is 1.58 bits per heavy atom. The summed E-state index contributed by atoms with van der Waals surface area (Å²) in [4.78, 5) is 52.0. The molecule has 0 amide bonds. The first-order chi connectivity index (χ1) is 20.2. The maximum Gasteiger partial charge on any atom is 0.335 e. The number of ketones is 2. The summed E-state index contributed by atoms with van der Waals surface area (Å²) in [5.41, 5.74) is -5.25. The monoisotopic (exact) mass is 604 g/mol. The van der Waals surface area contributed by atoms with Crippen LogP contribution in [0.2, 0.25) is 0 Å². The minimum atomic E-state index is -2.03. The van der Waals surface area contributed by atoms with E-state index in [1.165, 1.54) is 19.1 Å². The number of aliphatic hydroxyl groups excluding tert-OH is 4. The minimum absolute atomic E-state index is 0.0967. The Morgan fingerprint density at radius 3 is 2.19 bits per heavy atom. The number of aromatic hydroxyl groups is 2. The Bertz CT molecular complexity index is 1550. The van der Waals surface area contributed by atoms with E-state index in [-0.39, 0.29) is 12.0 Å². The molecule has 0 saturated carbocycles. The van der Waals surface area contributed by atoms with Gasteiger partial charge in [-0.1, -0.05) is 19.1 Å². The second kappa shape index (κ2) is 10.6. The molecule has 2 aliphatic carbocycles. The molecular weight excluding hydrogens is 576 g/mol. The highest BCUT2D eigenvalue weighted by atomic mass is 16.7. The lowest BCUT2D eigenvalue weighted by Gasteiger charge is -2.42. The van der Waals surface area contributed by atoms with Crippen LogP contribution in [0.15, 0.2) is 18.2 Å². The van der Waals surface area contributed by atoms with Gasteiger partial charge in [-0.2, -0.15) is 0 Å². The summed E-state index contributed by atoms with van der Waals surface area (Å²) in [6.07, 6.45) is -12.3. The molecule has 1 heterocycles. The molecule has 2 aromatic rings. The van der Waals surface area contributed by atoms with Gasteiger partial charge in [-0.15, -0.1) is 0 Å². The molecule has 8 N–H and O–H groups in total. The van der Waals surface area contributed by atoms with E-state index >= 15 is 0 Å². The summed E-state index contributed by atoms with van der Waals surface area (Å²) in [5.74, 6) is -8.84. The highest BCUT2D eigenvalue weighted by Gasteiger charge is 2.54. The summed E-state index contributed by atoms with van der Waals surface area (Å²) < 4.78 is 15.5. The Kier molecular flexibility index (Phi) is 7.44. The van der Waals surface area contributed by atoms with Gasteiger partial charge in [0.15, 0.2) is 11.9 Å². The van der Waals surface area contributed by atoms with E-state index in [4.69, 9.17) is 14.2 Å². The number of phenolic OH excluding ortho intramolecular Hbond substituents is 2. The van der Waals surface area contributed by atoms with Crippen LogP contribution in [0.5, 0.6) is 17.2 Å². The molecule has 1 aliphatic heterocycles. The van der Waals surface area contributed by atoms with Gasteiger partial charge in [0.1, 0.15) is 41.5 Å². The third kappa shape index (κ3) is 4.35. The number of aliphatic hydroxyl groups is 5. The predicted molar refractivity (Wildman–Crippen MR) is 138 cm³/mol. The Labute approximate surface area is 242 Å². The number of aliphatic carboxylic acids is 1. The average Bonchev–Trinajstić information content (AvgIpc) is 2.96. The molecule has 0 spiro atoms. The van der Waals surface area contributed by atoms with Gasteiger partial charge in [0, 0.05) is 23.1 Å². The molecule has 3 aliphatic rings. The van der Waals surface area contributed by atoms with E-state index in [0.29, 0.717) is 0 Å². The molecule has 1 saturated heterocycles. The molecule has 0 aromatic heterocycles. The number of hydrogen-bond acceptors (Lipinski definition) is 14. The van der Waals surface area contributed by atoms with Gasteiger partial charge in [0.2, 0.25) is 12.1 Å². The molecule has 15 heteroatoms. The highest BCUT2D eigenvalue weighted by Crippen LogP contribution is 2.56. The van der Waals surface area contributed by atoms with E-state index in [1.54, 1.807) is 0 Å². The van der Waals surface area contributed by atoms with E-state index in [0.717, 1.165) is 13.2 Å². The second-order valence-electron chi connectivity index (χ2n) is 10.6. The van der Waals surface area contributed by atoms with Crippen LogP contribution in [0.25, 0.3) is 0 Å². The minimum Gasteiger partial charge on any atom is -0.507 e. The average molecular weight is 605 g/mol. The summed E-state index contributed by atoms with van der Waals surface area (Å²) in [7, 11) is 1.02. The van der Waals surface area contributed by atoms with Crippen molar-refractivity contribution in [3.8, 4) is 17.2 Å². The smallest absolute Gasteiger partial charge is 0.335 e. The van der Waals surface area contributed by atoms with Crippen LogP contribution in [0.3, 0.4) is 0 Å². The molecule has 2 aromatic carbocycles. The maximum atomic E-state index is 13.9. The van der Waals surface area contributed by atoms with Gasteiger partial charge in [0.25, 0.3) is 0 Å². The van der Waals surface area contributed by atoms with Crippen molar-refractivity contribution >= 4 is 23.5 Å². The number of esters is 1. The van der Waals surface area contributed by atoms with Gasteiger partial charge in [0.05, 0.1) is 35.5 Å². The molecule has 5 rings (SSSR count). The number of rotatable bonds is 5. The van der Waals surface area contributed by atoms with Gasteiger partial charge in [-0.3, -0.25) is 14.4 Å². The van der Waals surface area contributed by atoms with Crippen molar-refractivity contribution in [1.82, 2.24) is 0 Å². The van der Waals surface area contributed by atoms with Crippen LogP contribution in [0.4, 0.5) is 0 Å². The van der Waals surface area contributed by atoms with Crippen molar-refractivity contribution in [2.45, 2.75) is 68.1 Å². The number of methoxy groups -OCH3 is 1. The second-order valence-corrected chi connectivity index (χ2v) is 10.6. The lowest BCUT2D eigenvalue weighted by molar-refractivity contribution is -0.271. The molecular formula is C28H28O15. The number of benzene rings is 2. The summed E-state index contributed by atoms with van der Waals surface area (Å²) >= 11 is 0. The van der Waals surface area contributed by atoms with Gasteiger partial charge in [-0.05, 0) is 12.5 Å². The number of carboxylic acids is 1. The zero-order valence-electron chi connectivity index (χ0n) is 22.6. The molecule has 1 fully saturated rings. The van der Waals surface area contributed by atoms with Gasteiger partial charge < -0.3 is 55.1 Å². The lowest BCUT2D eigenvalue weighted by Crippen LogP contribution is -2.61. The van der Waals surface area contributed by atoms with Crippen molar-refractivity contribution in [2.24, 2.45) is 0 Å². The zero-order valence-corrected chi connectivity index (χ0v) is 22.6. The van der Waals surface area contributed by atoms with Crippen LogP contribution in [0, 0.1) is 0 Å². The number of phenols is 2. The molecule has 43 heavy (non-hydrogen) atoms. The van der Waals surface area contributed by atoms with Crippen molar-refractivity contribution in [3.05, 3.63) is 51.6 Å². The number of carbonyl (C=O) groups excluding carboxylic acids is 3. The van der Waals surface area contributed by atoms with Crippen LogP contribution in [-0.4, -0.2) is 108 Å². The normalized spacial score (nSPS) is 31.5. The summed E-state index contributed by atoms with van der Waals surface area (Å²) in [6.45, 7) is 1.51. The number of ether oxygens (including phenoxy) is 3. The number of hydrogen-bond donors (Lipinski definition) is 8. The largest absolute Gasteiger partial charge is 0.507 e. The SMILES string of the molecule is CC[C@@]1(O)C[C@H](O)c2c(O)c3c(c(O)c2[C@H]1C(=O)OC)C(=O)c1cccc(O[C@@H]2O[C@H](C(=O)O)[C@@H](O)[C@H](O)[C@H]2O)c1C3=O. The van der Waals surface area contributed by atoms with Crippen LogP contribution in [0.1, 0.15) is 74.8 Å². The van der Waals surface area contributed by atoms with E-state index in [1.807, 2.05) is 0 Å². The Hall–Kier alpha value is -4.12. The standard InChI is InChI=1S/C28H28O15/c1-3-28(40)7-9(29)12-13(16(28)26(39)41-2)20(33)14-15(19(12)32)18(31)11-8(17(14)30)5-4-6-10(11)42-27-23(36)21(34)22(35)24(43-27)25(37)38/h4-6,9,16,21-24,27,29,32-36,40H,3,7H2,1-2H3,(H,37,38)/t9-,16-,21-,22-,23+,24-,27+,28+/m0/s1.